The summed E-state index contributed by atoms with van der Waals surface area (Å²) in [4.78, 5) is 24.0. The van der Waals surface area contributed by atoms with Gasteiger partial charge in [-0.05, 0) is 19.3 Å². The van der Waals surface area contributed by atoms with Gasteiger partial charge in [0.25, 0.3) is 0 Å². The Morgan fingerprint density at radius 3 is 2.83 bits per heavy atom. The van der Waals surface area contributed by atoms with Gasteiger partial charge in [-0.3, -0.25) is 10.1 Å². The van der Waals surface area contributed by atoms with Crippen LogP contribution in [0.15, 0.2) is 6.20 Å². The molecule has 3 rings (SSSR count). The second kappa shape index (κ2) is 5.93. The van der Waals surface area contributed by atoms with Gasteiger partial charge in [0.2, 0.25) is 5.82 Å². The predicted molar refractivity (Wildman–Crippen MR) is 84.1 cm³/mol. The Morgan fingerprint density at radius 2 is 2.29 bits per heavy atom. The van der Waals surface area contributed by atoms with Gasteiger partial charge in [-0.2, -0.15) is 5.10 Å². The van der Waals surface area contributed by atoms with Crippen molar-refractivity contribution in [3.63, 3.8) is 0 Å². The summed E-state index contributed by atoms with van der Waals surface area (Å²) in [5, 5.41) is 27.1. The lowest BCUT2D eigenvalue weighted by molar-refractivity contribution is -0.384. The molecular formula is C14H21N5O5. The normalized spacial score (nSPS) is 25.3. The van der Waals surface area contributed by atoms with Gasteiger partial charge in [0, 0.05) is 32.7 Å². The van der Waals surface area contributed by atoms with E-state index in [9.17, 15) is 14.9 Å². The summed E-state index contributed by atoms with van der Waals surface area (Å²) in [7, 11) is 3.24. The SMILES string of the molecule is COC1CCN(c2c([N+](=O)[O-])cnn2C)CC2(CC2)C1NC(=O)O. The van der Waals surface area contributed by atoms with Gasteiger partial charge in [-0.15, -0.1) is 0 Å². The molecule has 0 radical (unpaired) electrons. The molecule has 0 aromatic carbocycles. The average molecular weight is 339 g/mol. The van der Waals surface area contributed by atoms with Crippen molar-refractivity contribution >= 4 is 17.6 Å². The Morgan fingerprint density at radius 1 is 1.58 bits per heavy atom. The Hall–Kier alpha value is -2.36. The van der Waals surface area contributed by atoms with Gasteiger partial charge < -0.3 is 20.1 Å². The van der Waals surface area contributed by atoms with Crippen molar-refractivity contribution in [2.24, 2.45) is 12.5 Å². The van der Waals surface area contributed by atoms with Crippen LogP contribution in [-0.2, 0) is 11.8 Å². The van der Waals surface area contributed by atoms with Crippen LogP contribution in [0.25, 0.3) is 0 Å². The topological polar surface area (TPSA) is 123 Å². The summed E-state index contributed by atoms with van der Waals surface area (Å²) in [6.07, 6.45) is 2.21. The monoisotopic (exact) mass is 339 g/mol. The van der Waals surface area contributed by atoms with Crippen LogP contribution in [0.5, 0.6) is 0 Å². The Kier molecular flexibility index (Phi) is 4.08. The molecule has 1 aliphatic heterocycles. The van der Waals surface area contributed by atoms with Gasteiger partial charge in [0.05, 0.1) is 17.1 Å². The van der Waals surface area contributed by atoms with Crippen LogP contribution in [0.3, 0.4) is 0 Å². The van der Waals surface area contributed by atoms with Gasteiger partial charge in [-0.25, -0.2) is 9.48 Å². The molecule has 1 amide bonds. The lowest BCUT2D eigenvalue weighted by Gasteiger charge is -2.31. The summed E-state index contributed by atoms with van der Waals surface area (Å²) < 4.78 is 7.03. The fourth-order valence-electron chi connectivity index (χ4n) is 3.76. The molecule has 2 atom stereocenters. The number of aromatic nitrogens is 2. The number of aryl methyl sites for hydroxylation is 1. The smallest absolute Gasteiger partial charge is 0.404 e. The van der Waals surface area contributed by atoms with Crippen molar-refractivity contribution in [1.29, 1.82) is 0 Å². The number of hydrogen-bond donors (Lipinski definition) is 2. The van der Waals surface area contributed by atoms with E-state index in [0.29, 0.717) is 25.3 Å². The van der Waals surface area contributed by atoms with Crippen molar-refractivity contribution < 1.29 is 19.6 Å². The first-order valence-electron chi connectivity index (χ1n) is 7.81. The quantitative estimate of drug-likeness (QED) is 0.619. The van der Waals surface area contributed by atoms with Crippen molar-refractivity contribution in [2.45, 2.75) is 31.4 Å². The van der Waals surface area contributed by atoms with Crippen LogP contribution in [0.4, 0.5) is 16.3 Å². The molecule has 2 N–H and O–H groups in total. The Labute approximate surface area is 138 Å². The van der Waals surface area contributed by atoms with Crippen molar-refractivity contribution in [1.82, 2.24) is 15.1 Å². The molecule has 10 heteroatoms. The molecular weight excluding hydrogens is 318 g/mol. The number of nitrogens with zero attached hydrogens (tertiary/aromatic N) is 4. The number of nitrogens with one attached hydrogen (secondary N) is 1. The molecule has 1 aromatic heterocycles. The third-order valence-electron chi connectivity index (χ3n) is 5.08. The molecule has 1 saturated carbocycles. The highest BCUT2D eigenvalue weighted by molar-refractivity contribution is 5.65. The van der Waals surface area contributed by atoms with E-state index >= 15 is 0 Å². The first-order chi connectivity index (χ1) is 11.4. The van der Waals surface area contributed by atoms with Gasteiger partial charge in [-0.1, -0.05) is 0 Å². The zero-order valence-corrected chi connectivity index (χ0v) is 13.6. The predicted octanol–water partition coefficient (Wildman–Crippen LogP) is 0.970. The largest absolute Gasteiger partial charge is 0.465 e. The minimum Gasteiger partial charge on any atom is -0.465 e. The first kappa shape index (κ1) is 16.5. The minimum absolute atomic E-state index is 0.0353. The van der Waals surface area contributed by atoms with Crippen molar-refractivity contribution in [3.8, 4) is 0 Å². The highest BCUT2D eigenvalue weighted by Crippen LogP contribution is 2.53. The third-order valence-corrected chi connectivity index (χ3v) is 5.08. The third kappa shape index (κ3) is 2.77. The van der Waals surface area contributed by atoms with E-state index in [-0.39, 0.29) is 23.2 Å². The number of rotatable bonds is 4. The summed E-state index contributed by atoms with van der Waals surface area (Å²) in [6.45, 7) is 1.08. The average Bonchev–Trinajstić information content (AvgIpc) is 3.22. The summed E-state index contributed by atoms with van der Waals surface area (Å²) >= 11 is 0. The fraction of sp³-hybridized carbons (Fsp3) is 0.714. The van der Waals surface area contributed by atoms with E-state index in [2.05, 4.69) is 10.4 Å². The van der Waals surface area contributed by atoms with E-state index in [1.54, 1.807) is 14.2 Å². The molecule has 24 heavy (non-hydrogen) atoms. The maximum atomic E-state index is 11.3. The summed E-state index contributed by atoms with van der Waals surface area (Å²) in [6, 6.07) is -0.322. The number of nitro groups is 1. The zero-order valence-electron chi connectivity index (χ0n) is 13.6. The van der Waals surface area contributed by atoms with Crippen LogP contribution in [0, 0.1) is 15.5 Å². The highest BCUT2D eigenvalue weighted by atomic mass is 16.6. The lowest BCUT2D eigenvalue weighted by atomic mass is 9.91. The molecule has 1 saturated heterocycles. The number of carboxylic acid groups (broad SMARTS) is 1. The van der Waals surface area contributed by atoms with E-state index in [4.69, 9.17) is 9.84 Å². The molecule has 1 spiro atoms. The first-order valence-corrected chi connectivity index (χ1v) is 7.81. The van der Waals surface area contributed by atoms with Gasteiger partial charge in [0.1, 0.15) is 6.20 Å². The number of amides is 1. The van der Waals surface area contributed by atoms with Gasteiger partial charge >= 0.3 is 11.8 Å². The van der Waals surface area contributed by atoms with E-state index in [0.717, 1.165) is 12.8 Å². The van der Waals surface area contributed by atoms with Crippen LogP contribution in [-0.4, -0.2) is 58.2 Å². The van der Waals surface area contributed by atoms with Crippen molar-refractivity contribution in [3.05, 3.63) is 16.3 Å². The maximum Gasteiger partial charge on any atom is 0.404 e. The number of ether oxygens (including phenoxy) is 1. The molecule has 10 nitrogen and oxygen atoms in total. The number of hydrogen-bond acceptors (Lipinski definition) is 6. The maximum absolute atomic E-state index is 11.3. The summed E-state index contributed by atoms with van der Waals surface area (Å²) in [5.74, 6) is 0.456. The van der Waals surface area contributed by atoms with E-state index in [1.165, 1.54) is 10.9 Å². The van der Waals surface area contributed by atoms with Crippen LogP contribution in [0.2, 0.25) is 0 Å². The Balaban J connectivity index is 1.93. The number of anilines is 1. The molecule has 132 valence electrons. The molecule has 2 aliphatic rings. The fourth-order valence-corrected chi connectivity index (χ4v) is 3.76. The second-order valence-electron chi connectivity index (χ2n) is 6.51. The van der Waals surface area contributed by atoms with Crippen LogP contribution >= 0.6 is 0 Å². The molecule has 2 fully saturated rings. The molecule has 1 aromatic rings. The molecule has 2 unspecified atom stereocenters. The molecule has 1 aliphatic carbocycles. The van der Waals surface area contributed by atoms with Crippen molar-refractivity contribution in [2.75, 3.05) is 25.1 Å². The van der Waals surface area contributed by atoms with Crippen LogP contribution in [0.1, 0.15) is 19.3 Å². The minimum atomic E-state index is -1.08. The summed E-state index contributed by atoms with van der Waals surface area (Å²) in [5.41, 5.74) is -0.292. The number of carbonyl (C=O) groups is 1. The lowest BCUT2D eigenvalue weighted by Crippen LogP contribution is -2.50. The van der Waals surface area contributed by atoms with E-state index in [1.807, 2.05) is 4.90 Å². The number of methoxy groups -OCH3 is 1. The van der Waals surface area contributed by atoms with Crippen LogP contribution < -0.4 is 10.2 Å². The second-order valence-corrected chi connectivity index (χ2v) is 6.51. The molecule has 0 bridgehead atoms. The molecule has 2 heterocycles. The highest BCUT2D eigenvalue weighted by Gasteiger charge is 2.56. The standard InChI is InChI=1S/C14H21N5O5/c1-17-12(9(7-15-17)19(22)23)18-6-3-10(24-2)11(16-13(20)21)14(8-18)4-5-14/h7,10-11,16H,3-6,8H2,1-2H3,(H,20,21). The van der Waals surface area contributed by atoms with Gasteiger partial charge in [0.15, 0.2) is 0 Å². The zero-order chi connectivity index (χ0) is 17.5. The van der Waals surface area contributed by atoms with E-state index < -0.39 is 11.0 Å². The Bertz CT molecular complexity index is 656.